The van der Waals surface area contributed by atoms with E-state index in [1.165, 1.54) is 11.0 Å². The van der Waals surface area contributed by atoms with Gasteiger partial charge >= 0.3 is 6.01 Å². The Bertz CT molecular complexity index is 2150. The van der Waals surface area contributed by atoms with Crippen LogP contribution in [0.1, 0.15) is 44.1 Å². The maximum Gasteiger partial charge on any atom is 0.319 e. The third-order valence-electron chi connectivity index (χ3n) is 10.8. The number of aromatic nitrogens is 2. The number of nitrogens with zero attached hydrogens (tertiary/aromatic N) is 6. The van der Waals surface area contributed by atoms with Gasteiger partial charge in [0.05, 0.1) is 44.9 Å². The van der Waals surface area contributed by atoms with E-state index in [2.05, 4.69) is 16.0 Å². The van der Waals surface area contributed by atoms with E-state index < -0.39 is 47.8 Å². The molecule has 2 aromatic carbocycles. The van der Waals surface area contributed by atoms with Crippen LogP contribution < -0.4 is 20.1 Å². The minimum Gasteiger partial charge on any atom is -0.489 e. The van der Waals surface area contributed by atoms with Gasteiger partial charge in [-0.1, -0.05) is 17.7 Å². The summed E-state index contributed by atoms with van der Waals surface area (Å²) in [5, 5.41) is 19.3. The highest BCUT2D eigenvalue weighted by atomic mass is 35.5. The number of hydrogen-bond acceptors (Lipinski definition) is 10. The molecule has 1 unspecified atom stereocenters. The molecule has 0 bridgehead atoms. The summed E-state index contributed by atoms with van der Waals surface area (Å²) in [7, 11) is 0. The molecule has 4 aliphatic rings. The number of benzene rings is 2. The Balaban J connectivity index is 1.37. The van der Waals surface area contributed by atoms with Crippen LogP contribution in [0.2, 0.25) is 5.02 Å². The second-order valence-electron chi connectivity index (χ2n) is 13.6. The number of alkyl halides is 3. The van der Waals surface area contributed by atoms with E-state index in [1.54, 1.807) is 0 Å². The van der Waals surface area contributed by atoms with Crippen molar-refractivity contribution in [2.45, 2.75) is 62.7 Å². The van der Waals surface area contributed by atoms with Crippen molar-refractivity contribution in [3.8, 4) is 35.0 Å². The van der Waals surface area contributed by atoms with Crippen LogP contribution in [0.15, 0.2) is 12.1 Å². The number of rotatable bonds is 8. The lowest BCUT2D eigenvalue weighted by molar-refractivity contribution is 0.107. The van der Waals surface area contributed by atoms with Crippen LogP contribution in [0, 0.1) is 39.7 Å². The highest BCUT2D eigenvalue weighted by Crippen LogP contribution is 2.57. The zero-order valence-electron chi connectivity index (χ0n) is 26.4. The van der Waals surface area contributed by atoms with Gasteiger partial charge in [0.25, 0.3) is 6.43 Å². The fourth-order valence-corrected chi connectivity index (χ4v) is 9.53. The molecule has 2 saturated heterocycles. The number of nitrogens with two attached hydrogens (primary N) is 1. The molecular weight excluding hydrogens is 701 g/mol. The average Bonchev–Trinajstić information content (AvgIpc) is 3.53. The molecule has 0 radical (unpaired) electrons. The number of hydrogen-bond donors (Lipinski definition) is 1. The van der Waals surface area contributed by atoms with Crippen molar-refractivity contribution in [2.75, 3.05) is 43.5 Å². The maximum atomic E-state index is 17.2. The van der Waals surface area contributed by atoms with Gasteiger partial charge in [-0.05, 0) is 43.9 Å². The van der Waals surface area contributed by atoms with Crippen LogP contribution in [0.5, 0.6) is 11.8 Å². The molecule has 5 heterocycles. The Labute approximate surface area is 291 Å². The van der Waals surface area contributed by atoms with Gasteiger partial charge in [-0.3, -0.25) is 4.90 Å². The highest BCUT2D eigenvalue weighted by molar-refractivity contribution is 7.23. The Morgan fingerprint density at radius 2 is 1.98 bits per heavy atom. The Morgan fingerprint density at radius 1 is 1.18 bits per heavy atom. The quantitative estimate of drug-likeness (QED) is 0.185. The maximum absolute atomic E-state index is 17.2. The summed E-state index contributed by atoms with van der Waals surface area (Å²) in [5.74, 6) is -1.87. The number of thiophene rings is 1. The summed E-state index contributed by atoms with van der Waals surface area (Å²) >= 11 is 7.82. The van der Waals surface area contributed by atoms with Gasteiger partial charge < -0.3 is 20.1 Å². The smallest absolute Gasteiger partial charge is 0.319 e. The number of nitrogen functional groups attached to an aromatic ring is 1. The van der Waals surface area contributed by atoms with Crippen LogP contribution in [-0.4, -0.2) is 71.9 Å². The van der Waals surface area contributed by atoms with Crippen LogP contribution in [0.4, 0.5) is 32.8 Å². The van der Waals surface area contributed by atoms with Gasteiger partial charge in [0.1, 0.15) is 47.6 Å². The average molecular weight is 730 g/mol. The third-order valence-corrected chi connectivity index (χ3v) is 12.2. The lowest BCUT2D eigenvalue weighted by Gasteiger charge is -2.36. The summed E-state index contributed by atoms with van der Waals surface area (Å²) in [5.41, 5.74) is 4.11. The van der Waals surface area contributed by atoms with Gasteiger partial charge in [0.2, 0.25) is 0 Å². The summed E-state index contributed by atoms with van der Waals surface area (Å²) in [6.07, 6.45) is -0.941. The van der Waals surface area contributed by atoms with Crippen LogP contribution in [0.25, 0.3) is 32.1 Å². The van der Waals surface area contributed by atoms with E-state index in [4.69, 9.17) is 26.8 Å². The Hall–Kier alpha value is -4.18. The van der Waals surface area contributed by atoms with Crippen molar-refractivity contribution in [2.24, 2.45) is 5.41 Å². The van der Waals surface area contributed by atoms with E-state index in [1.807, 2.05) is 11.0 Å². The zero-order valence-corrected chi connectivity index (χ0v) is 28.0. The second-order valence-corrected chi connectivity index (χ2v) is 15.0. The second kappa shape index (κ2) is 12.0. The van der Waals surface area contributed by atoms with E-state index in [0.717, 1.165) is 23.8 Å². The molecule has 3 aliphatic heterocycles. The molecule has 1 aliphatic carbocycles. The normalized spacial score (nSPS) is 23.9. The molecule has 16 heteroatoms. The van der Waals surface area contributed by atoms with Crippen molar-refractivity contribution in [3.05, 3.63) is 34.4 Å². The SMILES string of the molecule is N#CCC1(C2COc3c(Cl)c(-c4ccc(F)c5sc(N)c(C#N)c45)c(F)c4nc(OC[C@@]56CCCN5C[C@H](F)C6)nc(c34)N2CC(F)F)CC1. The van der Waals surface area contributed by atoms with Crippen molar-refractivity contribution in [1.29, 1.82) is 10.5 Å². The third kappa shape index (κ3) is 5.00. The van der Waals surface area contributed by atoms with Crippen molar-refractivity contribution >= 4 is 54.7 Å². The number of fused-ring (bicyclic) bond motifs is 2. The molecule has 50 heavy (non-hydrogen) atoms. The monoisotopic (exact) mass is 729 g/mol. The lowest BCUT2D eigenvalue weighted by Crippen LogP contribution is -2.48. The van der Waals surface area contributed by atoms with Gasteiger partial charge in [-0.25, -0.2) is 22.0 Å². The molecule has 3 fully saturated rings. The molecular formula is C34H29ClF5N7O2S. The fourth-order valence-electron chi connectivity index (χ4n) is 8.25. The van der Waals surface area contributed by atoms with E-state index >= 15 is 8.78 Å². The summed E-state index contributed by atoms with van der Waals surface area (Å²) in [4.78, 5) is 12.4. The Morgan fingerprint density at radius 3 is 2.70 bits per heavy atom. The fraction of sp³-hybridized carbons (Fsp3) is 0.471. The van der Waals surface area contributed by atoms with Crippen LogP contribution in [-0.2, 0) is 0 Å². The van der Waals surface area contributed by atoms with Crippen LogP contribution >= 0.6 is 22.9 Å². The minimum atomic E-state index is -2.85. The predicted molar refractivity (Wildman–Crippen MR) is 177 cm³/mol. The van der Waals surface area contributed by atoms with E-state index in [9.17, 15) is 23.7 Å². The lowest BCUT2D eigenvalue weighted by atomic mass is 9.92. The number of ether oxygens (including phenoxy) is 2. The van der Waals surface area contributed by atoms with Crippen molar-refractivity contribution in [1.82, 2.24) is 14.9 Å². The largest absolute Gasteiger partial charge is 0.489 e. The van der Waals surface area contributed by atoms with Crippen molar-refractivity contribution in [3.63, 3.8) is 0 Å². The van der Waals surface area contributed by atoms with E-state index in [-0.39, 0.29) is 97.9 Å². The standard InChI is InChI=1S/C34H29ClF5N7O2S/c35-25-23(17-2-3-19(37)29-22(17)18(11-42)30(43)50-29)26(40)27-24-28(25)48-14-20(33(5-6-33)7-8-41)47(13-21(38)39)31(24)45-32(44-27)49-15-34-4-1-9-46(34)12-16(36)10-34/h2-3,16,20-21H,1,4-7,9-10,12-15,43H2/t16-,20?,34+/m1/s1. The predicted octanol–water partition coefficient (Wildman–Crippen LogP) is 7.38. The molecule has 1 saturated carbocycles. The molecule has 0 spiro atoms. The van der Waals surface area contributed by atoms with Gasteiger partial charge in [0.15, 0.2) is 11.6 Å². The van der Waals surface area contributed by atoms with E-state index in [0.29, 0.717) is 25.8 Å². The molecule has 9 nitrogen and oxygen atoms in total. The molecule has 3 atom stereocenters. The summed E-state index contributed by atoms with van der Waals surface area (Å²) in [6.45, 7) is -0.0609. The Kier molecular flexibility index (Phi) is 7.89. The first kappa shape index (κ1) is 33.0. The molecule has 4 aromatic rings. The topological polar surface area (TPSA) is 124 Å². The number of anilines is 2. The van der Waals surface area contributed by atoms with Gasteiger partial charge in [-0.15, -0.1) is 11.3 Å². The minimum absolute atomic E-state index is 0.0151. The van der Waals surface area contributed by atoms with Crippen LogP contribution in [0.3, 0.4) is 0 Å². The first-order valence-corrected chi connectivity index (χ1v) is 17.4. The molecule has 0 amide bonds. The first-order chi connectivity index (χ1) is 24.0. The summed E-state index contributed by atoms with van der Waals surface area (Å²) < 4.78 is 88.0. The highest BCUT2D eigenvalue weighted by Gasteiger charge is 2.54. The van der Waals surface area contributed by atoms with Gasteiger partial charge in [-0.2, -0.15) is 20.5 Å². The molecule has 2 N–H and O–H groups in total. The number of nitriles is 2. The molecule has 2 aromatic heterocycles. The van der Waals surface area contributed by atoms with Crippen molar-refractivity contribution < 1.29 is 31.4 Å². The zero-order chi connectivity index (χ0) is 35.1. The number of halogens is 6. The molecule has 260 valence electrons. The summed E-state index contributed by atoms with van der Waals surface area (Å²) in [6, 6.07) is 5.43. The molecule has 8 rings (SSSR count). The first-order valence-electron chi connectivity index (χ1n) is 16.2. The van der Waals surface area contributed by atoms with Gasteiger partial charge in [0, 0.05) is 35.8 Å².